The summed E-state index contributed by atoms with van der Waals surface area (Å²) in [4.78, 5) is 41.1. The molecule has 1 aliphatic heterocycles. The van der Waals surface area contributed by atoms with Gasteiger partial charge in [0.2, 0.25) is 5.91 Å². The summed E-state index contributed by atoms with van der Waals surface area (Å²) in [5, 5.41) is 7.46. The largest absolute Gasteiger partial charge is 0.491 e. The first-order valence-corrected chi connectivity index (χ1v) is 12.3. The van der Waals surface area contributed by atoms with Gasteiger partial charge in [-0.2, -0.15) is 5.10 Å². The minimum Gasteiger partial charge on any atom is -0.491 e. The molecule has 2 heterocycles. The first kappa shape index (κ1) is 24.8. The first-order chi connectivity index (χ1) is 16.7. The van der Waals surface area contributed by atoms with E-state index in [0.29, 0.717) is 0 Å². The molecule has 1 unspecified atom stereocenters. The lowest BCUT2D eigenvalue weighted by molar-refractivity contribution is -0.134. The van der Waals surface area contributed by atoms with Crippen LogP contribution in [0.25, 0.3) is 0 Å². The van der Waals surface area contributed by atoms with Crippen LogP contribution in [0.1, 0.15) is 79.9 Å². The van der Waals surface area contributed by atoms with Crippen LogP contribution in [0.2, 0.25) is 0 Å². The Morgan fingerprint density at radius 2 is 1.89 bits per heavy atom. The van der Waals surface area contributed by atoms with Crippen molar-refractivity contribution in [2.75, 3.05) is 6.61 Å². The number of hydrogen-bond donors (Lipinski definition) is 1. The van der Waals surface area contributed by atoms with Crippen molar-refractivity contribution >= 4 is 17.8 Å². The van der Waals surface area contributed by atoms with Gasteiger partial charge < -0.3 is 19.7 Å². The summed E-state index contributed by atoms with van der Waals surface area (Å²) < 4.78 is 12.2. The van der Waals surface area contributed by atoms with Gasteiger partial charge in [0.25, 0.3) is 5.91 Å². The van der Waals surface area contributed by atoms with Crippen LogP contribution in [0.5, 0.6) is 5.75 Å². The van der Waals surface area contributed by atoms with Gasteiger partial charge in [-0.25, -0.2) is 4.79 Å². The summed E-state index contributed by atoms with van der Waals surface area (Å²) in [5.74, 6) is -0.415. The van der Waals surface area contributed by atoms with E-state index in [2.05, 4.69) is 10.4 Å². The molecule has 1 N–H and O–H groups in total. The number of benzene rings is 1. The average molecular weight is 483 g/mol. The maximum Gasteiger partial charge on any atom is 0.358 e. The van der Waals surface area contributed by atoms with Crippen molar-refractivity contribution < 1.29 is 23.9 Å². The third-order valence-electron chi connectivity index (χ3n) is 6.60. The number of amides is 2. The molecule has 0 spiro atoms. The van der Waals surface area contributed by atoms with Gasteiger partial charge in [-0.15, -0.1) is 0 Å². The predicted octanol–water partition coefficient (Wildman–Crippen LogP) is 3.32. The van der Waals surface area contributed by atoms with E-state index in [1.54, 1.807) is 18.7 Å². The van der Waals surface area contributed by atoms with Crippen molar-refractivity contribution in [3.63, 3.8) is 0 Å². The summed E-state index contributed by atoms with van der Waals surface area (Å²) in [7, 11) is 0. The van der Waals surface area contributed by atoms with E-state index in [4.69, 9.17) is 9.47 Å². The van der Waals surface area contributed by atoms with Crippen LogP contribution in [0.4, 0.5) is 0 Å². The number of esters is 1. The first-order valence-electron chi connectivity index (χ1n) is 12.3. The number of hydrogen-bond acceptors (Lipinski definition) is 6. The maximum atomic E-state index is 13.7. The van der Waals surface area contributed by atoms with E-state index in [9.17, 15) is 14.4 Å². The number of ether oxygens (including phenoxy) is 2. The van der Waals surface area contributed by atoms with Crippen molar-refractivity contribution in [3.8, 4) is 5.75 Å². The van der Waals surface area contributed by atoms with Gasteiger partial charge in [0, 0.05) is 18.7 Å². The Kier molecular flexibility index (Phi) is 7.14. The van der Waals surface area contributed by atoms with Crippen LogP contribution < -0.4 is 10.1 Å². The smallest absolute Gasteiger partial charge is 0.358 e. The molecule has 1 aromatic carbocycles. The molecule has 0 bridgehead atoms. The highest BCUT2D eigenvalue weighted by atomic mass is 16.5. The molecule has 2 aliphatic rings. The number of rotatable bonds is 8. The topological polar surface area (TPSA) is 103 Å². The van der Waals surface area contributed by atoms with Crippen molar-refractivity contribution in [3.05, 3.63) is 47.3 Å². The van der Waals surface area contributed by atoms with Crippen LogP contribution in [0.3, 0.4) is 0 Å². The fraction of sp³-hybridized carbons (Fsp3) is 0.538. The minimum atomic E-state index is -1.18. The number of carbonyl (C=O) groups is 3. The molecule has 2 amide bonds. The Labute approximate surface area is 205 Å². The molecule has 1 saturated carbocycles. The summed E-state index contributed by atoms with van der Waals surface area (Å²) in [6.07, 6.45) is 4.10. The SMILES string of the molecule is CCOC(=O)c1cc2n(n1)CC(C)(C(=O)NC1CCCC1)N(Cc1ccc(OC(C)C)cc1)C2=O. The highest BCUT2D eigenvalue weighted by Crippen LogP contribution is 2.31. The molecule has 0 radical (unpaired) electrons. The Hall–Kier alpha value is -3.36. The molecule has 35 heavy (non-hydrogen) atoms. The third-order valence-corrected chi connectivity index (χ3v) is 6.60. The number of carbonyl (C=O) groups excluding carboxylic acids is 3. The lowest BCUT2D eigenvalue weighted by Crippen LogP contribution is -2.64. The highest BCUT2D eigenvalue weighted by Gasteiger charge is 2.48. The summed E-state index contributed by atoms with van der Waals surface area (Å²) in [6.45, 7) is 7.97. The Morgan fingerprint density at radius 1 is 1.20 bits per heavy atom. The van der Waals surface area contributed by atoms with Crippen molar-refractivity contribution in [2.24, 2.45) is 0 Å². The molecule has 2 aromatic rings. The lowest BCUT2D eigenvalue weighted by Gasteiger charge is -2.43. The van der Waals surface area contributed by atoms with E-state index in [-0.39, 0.29) is 55.0 Å². The van der Waals surface area contributed by atoms with Crippen LogP contribution in [0.15, 0.2) is 30.3 Å². The number of aromatic nitrogens is 2. The van der Waals surface area contributed by atoms with E-state index >= 15 is 0 Å². The normalized spacial score (nSPS) is 20.1. The molecule has 4 rings (SSSR count). The van der Waals surface area contributed by atoms with E-state index in [1.807, 2.05) is 38.1 Å². The van der Waals surface area contributed by atoms with Crippen LogP contribution in [-0.2, 0) is 22.6 Å². The maximum absolute atomic E-state index is 13.7. The van der Waals surface area contributed by atoms with Gasteiger partial charge in [0.15, 0.2) is 5.69 Å². The van der Waals surface area contributed by atoms with Gasteiger partial charge in [-0.05, 0) is 58.2 Å². The summed E-state index contributed by atoms with van der Waals surface area (Å²) in [5.41, 5.74) is 0.00948. The molecule has 9 heteroatoms. The molecule has 9 nitrogen and oxygen atoms in total. The molecule has 0 saturated heterocycles. The van der Waals surface area contributed by atoms with Gasteiger partial charge in [0.05, 0.1) is 19.3 Å². The average Bonchev–Trinajstić information content (AvgIpc) is 3.47. The van der Waals surface area contributed by atoms with E-state index < -0.39 is 11.5 Å². The van der Waals surface area contributed by atoms with Gasteiger partial charge in [-0.1, -0.05) is 25.0 Å². The fourth-order valence-electron chi connectivity index (χ4n) is 4.73. The van der Waals surface area contributed by atoms with Crippen LogP contribution >= 0.6 is 0 Å². The van der Waals surface area contributed by atoms with Gasteiger partial charge in [0.1, 0.15) is 17.0 Å². The summed E-state index contributed by atoms with van der Waals surface area (Å²) in [6, 6.07) is 9.08. The second kappa shape index (κ2) is 10.1. The Bertz CT molecular complexity index is 1090. The van der Waals surface area contributed by atoms with Gasteiger partial charge >= 0.3 is 5.97 Å². The molecule has 1 fully saturated rings. The van der Waals surface area contributed by atoms with Crippen molar-refractivity contribution in [1.82, 2.24) is 20.0 Å². The van der Waals surface area contributed by atoms with Crippen LogP contribution in [-0.4, -0.2) is 56.8 Å². The molecule has 188 valence electrons. The molecular formula is C26H34N4O5. The molecular weight excluding hydrogens is 448 g/mol. The minimum absolute atomic E-state index is 0.0565. The van der Waals surface area contributed by atoms with Crippen LogP contribution in [0, 0.1) is 0 Å². The van der Waals surface area contributed by atoms with E-state index in [1.165, 1.54) is 10.7 Å². The number of fused-ring (bicyclic) bond motifs is 1. The standard InChI is InChI=1S/C26H34N4O5/c1-5-34-24(32)21-14-22-23(31)29(15-18-10-12-20(13-11-18)35-17(2)3)26(4,16-30(22)28-21)25(33)27-19-8-6-7-9-19/h10-14,17,19H,5-9,15-16H2,1-4H3,(H,27,33). The number of nitrogens with zero attached hydrogens (tertiary/aromatic N) is 3. The zero-order chi connectivity index (χ0) is 25.2. The molecule has 1 aromatic heterocycles. The van der Waals surface area contributed by atoms with Gasteiger partial charge in [-0.3, -0.25) is 14.3 Å². The summed E-state index contributed by atoms with van der Waals surface area (Å²) >= 11 is 0. The third kappa shape index (κ3) is 5.18. The Morgan fingerprint density at radius 3 is 2.51 bits per heavy atom. The predicted molar refractivity (Wildman–Crippen MR) is 129 cm³/mol. The number of nitrogens with one attached hydrogen (secondary N) is 1. The zero-order valence-corrected chi connectivity index (χ0v) is 20.9. The van der Waals surface area contributed by atoms with Crippen molar-refractivity contribution in [2.45, 2.75) is 84.2 Å². The van der Waals surface area contributed by atoms with E-state index in [0.717, 1.165) is 37.0 Å². The van der Waals surface area contributed by atoms with Crippen molar-refractivity contribution in [1.29, 1.82) is 0 Å². The molecule has 1 atom stereocenters. The molecule has 1 aliphatic carbocycles. The monoisotopic (exact) mass is 482 g/mol. The highest BCUT2D eigenvalue weighted by molar-refractivity contribution is 6.01. The Balaban J connectivity index is 1.65. The quantitative estimate of drug-likeness (QED) is 0.579. The fourth-order valence-corrected chi connectivity index (χ4v) is 4.73. The second-order valence-corrected chi connectivity index (χ2v) is 9.72. The lowest BCUT2D eigenvalue weighted by atomic mass is 9.93. The second-order valence-electron chi connectivity index (χ2n) is 9.72. The zero-order valence-electron chi connectivity index (χ0n) is 20.9.